The van der Waals surface area contributed by atoms with Gasteiger partial charge in [-0.25, -0.2) is 4.79 Å². The molecule has 1 aliphatic rings. The zero-order chi connectivity index (χ0) is 14.0. The highest BCUT2D eigenvalue weighted by Crippen LogP contribution is 2.19. The monoisotopic (exact) mass is 263 g/mol. The van der Waals surface area contributed by atoms with Crippen molar-refractivity contribution in [1.82, 2.24) is 4.90 Å². The molecule has 0 saturated carbocycles. The van der Waals surface area contributed by atoms with E-state index in [1.54, 1.807) is 4.90 Å². The summed E-state index contributed by atoms with van der Waals surface area (Å²) in [4.78, 5) is 13.4. The second-order valence-electron chi connectivity index (χ2n) is 5.85. The molecule has 1 aromatic rings. The van der Waals surface area contributed by atoms with E-state index in [-0.39, 0.29) is 12.1 Å². The summed E-state index contributed by atoms with van der Waals surface area (Å²) in [6.45, 7) is 6.94. The Labute approximate surface area is 113 Å². The van der Waals surface area contributed by atoms with Crippen molar-refractivity contribution < 1.29 is 9.53 Å². The van der Waals surface area contributed by atoms with Crippen LogP contribution in [0.3, 0.4) is 0 Å². The summed E-state index contributed by atoms with van der Waals surface area (Å²) in [7, 11) is 0. The molecule has 5 heteroatoms. The Morgan fingerprint density at radius 1 is 1.32 bits per heavy atom. The third-order valence-corrected chi connectivity index (χ3v) is 2.81. The number of anilines is 2. The summed E-state index contributed by atoms with van der Waals surface area (Å²) in [6, 6.07) is 7.85. The summed E-state index contributed by atoms with van der Waals surface area (Å²) >= 11 is 0. The van der Waals surface area contributed by atoms with Gasteiger partial charge in [-0.05, 0) is 45.0 Å². The van der Waals surface area contributed by atoms with Crippen LogP contribution in [0.1, 0.15) is 20.8 Å². The average molecular weight is 263 g/mol. The molecule has 0 unspecified atom stereocenters. The summed E-state index contributed by atoms with van der Waals surface area (Å²) in [6.07, 6.45) is -0.247. The first-order chi connectivity index (χ1) is 8.83. The Hall–Kier alpha value is -1.91. The van der Waals surface area contributed by atoms with Crippen molar-refractivity contribution in [3.63, 3.8) is 0 Å². The molecule has 19 heavy (non-hydrogen) atoms. The van der Waals surface area contributed by atoms with Crippen LogP contribution in [0.15, 0.2) is 24.3 Å². The molecule has 2 rings (SSSR count). The van der Waals surface area contributed by atoms with E-state index in [2.05, 4.69) is 5.32 Å². The molecular weight excluding hydrogens is 242 g/mol. The standard InChI is InChI=1S/C14H21N3O2/c1-14(2,3)19-13(18)17-8-12(9-17)16-11-6-4-10(15)5-7-11/h4-7,12,16H,8-9,15H2,1-3H3. The first-order valence-electron chi connectivity index (χ1n) is 6.43. The molecule has 1 aromatic carbocycles. The number of carbonyl (C=O) groups is 1. The predicted molar refractivity (Wildman–Crippen MR) is 76.1 cm³/mol. The van der Waals surface area contributed by atoms with Crippen molar-refractivity contribution in [1.29, 1.82) is 0 Å². The Morgan fingerprint density at radius 3 is 2.42 bits per heavy atom. The molecule has 1 fully saturated rings. The minimum atomic E-state index is -0.438. The van der Waals surface area contributed by atoms with Crippen LogP contribution in [0.4, 0.5) is 16.2 Å². The predicted octanol–water partition coefficient (Wildman–Crippen LogP) is 2.30. The highest BCUT2D eigenvalue weighted by Gasteiger charge is 2.33. The van der Waals surface area contributed by atoms with Crippen molar-refractivity contribution in [2.24, 2.45) is 0 Å². The van der Waals surface area contributed by atoms with Gasteiger partial charge in [0.2, 0.25) is 0 Å². The highest BCUT2D eigenvalue weighted by atomic mass is 16.6. The minimum absolute atomic E-state index is 0.247. The maximum atomic E-state index is 11.7. The van der Waals surface area contributed by atoms with Gasteiger partial charge in [0.05, 0.1) is 6.04 Å². The Balaban J connectivity index is 1.77. The molecule has 0 atom stereocenters. The largest absolute Gasteiger partial charge is 0.444 e. The van der Waals surface area contributed by atoms with E-state index in [1.807, 2.05) is 45.0 Å². The molecule has 1 saturated heterocycles. The molecule has 1 amide bonds. The van der Waals surface area contributed by atoms with E-state index in [1.165, 1.54) is 0 Å². The van der Waals surface area contributed by atoms with Crippen LogP contribution in [-0.2, 0) is 4.74 Å². The van der Waals surface area contributed by atoms with Gasteiger partial charge in [0.15, 0.2) is 0 Å². The van der Waals surface area contributed by atoms with Gasteiger partial charge < -0.3 is 20.7 Å². The fourth-order valence-electron chi connectivity index (χ4n) is 1.86. The number of ether oxygens (including phenoxy) is 1. The number of nitrogens with two attached hydrogens (primary N) is 1. The first kappa shape index (κ1) is 13.5. The van der Waals surface area contributed by atoms with Crippen LogP contribution in [0.2, 0.25) is 0 Å². The number of hydrogen-bond donors (Lipinski definition) is 2. The van der Waals surface area contributed by atoms with E-state index in [0.29, 0.717) is 13.1 Å². The number of likely N-dealkylation sites (tertiary alicyclic amines) is 1. The van der Waals surface area contributed by atoms with Gasteiger partial charge in [-0.1, -0.05) is 0 Å². The summed E-state index contributed by atoms with van der Waals surface area (Å²) in [5.41, 5.74) is 6.95. The molecule has 0 aromatic heterocycles. The summed E-state index contributed by atoms with van der Waals surface area (Å²) in [5, 5.41) is 3.35. The first-order valence-corrected chi connectivity index (χ1v) is 6.43. The molecular formula is C14H21N3O2. The lowest BCUT2D eigenvalue weighted by Crippen LogP contribution is -2.57. The van der Waals surface area contributed by atoms with Crippen molar-refractivity contribution in [3.8, 4) is 0 Å². The minimum Gasteiger partial charge on any atom is -0.444 e. The van der Waals surface area contributed by atoms with E-state index in [0.717, 1.165) is 11.4 Å². The van der Waals surface area contributed by atoms with Crippen molar-refractivity contribution in [3.05, 3.63) is 24.3 Å². The quantitative estimate of drug-likeness (QED) is 0.803. The maximum Gasteiger partial charge on any atom is 0.410 e. The molecule has 3 N–H and O–H groups in total. The number of nitrogens with one attached hydrogen (secondary N) is 1. The fraction of sp³-hybridized carbons (Fsp3) is 0.500. The fourth-order valence-corrected chi connectivity index (χ4v) is 1.86. The molecule has 0 spiro atoms. The third kappa shape index (κ3) is 3.77. The van der Waals surface area contributed by atoms with Gasteiger partial charge in [0.1, 0.15) is 5.60 Å². The molecule has 0 aliphatic carbocycles. The number of nitrogens with zero attached hydrogens (tertiary/aromatic N) is 1. The molecule has 0 bridgehead atoms. The van der Waals surface area contributed by atoms with Crippen molar-refractivity contribution in [2.45, 2.75) is 32.4 Å². The third-order valence-electron chi connectivity index (χ3n) is 2.81. The number of amides is 1. The summed E-state index contributed by atoms with van der Waals surface area (Å²) < 4.78 is 5.30. The highest BCUT2D eigenvalue weighted by molar-refractivity contribution is 5.69. The summed E-state index contributed by atoms with van der Waals surface area (Å²) in [5.74, 6) is 0. The molecule has 5 nitrogen and oxygen atoms in total. The molecule has 1 aliphatic heterocycles. The van der Waals surface area contributed by atoms with Crippen LogP contribution < -0.4 is 11.1 Å². The van der Waals surface area contributed by atoms with Crippen molar-refractivity contribution >= 4 is 17.5 Å². The molecule has 104 valence electrons. The van der Waals surface area contributed by atoms with Gasteiger partial charge in [-0.3, -0.25) is 0 Å². The number of rotatable bonds is 2. The maximum absolute atomic E-state index is 11.7. The van der Waals surface area contributed by atoms with Crippen molar-refractivity contribution in [2.75, 3.05) is 24.1 Å². The molecule has 1 heterocycles. The Kier molecular flexibility index (Phi) is 3.55. The van der Waals surface area contributed by atoms with E-state index < -0.39 is 5.60 Å². The van der Waals surface area contributed by atoms with Crippen LogP contribution >= 0.6 is 0 Å². The average Bonchev–Trinajstić information content (AvgIpc) is 2.22. The number of hydrogen-bond acceptors (Lipinski definition) is 4. The van der Waals surface area contributed by atoms with Crippen LogP contribution in [0, 0.1) is 0 Å². The number of carbonyl (C=O) groups excluding carboxylic acids is 1. The van der Waals surface area contributed by atoms with E-state index in [9.17, 15) is 4.79 Å². The molecule has 0 radical (unpaired) electrons. The van der Waals surface area contributed by atoms with Gasteiger partial charge in [0, 0.05) is 24.5 Å². The Morgan fingerprint density at radius 2 is 1.89 bits per heavy atom. The smallest absolute Gasteiger partial charge is 0.410 e. The van der Waals surface area contributed by atoms with Gasteiger partial charge in [-0.2, -0.15) is 0 Å². The SMILES string of the molecule is CC(C)(C)OC(=O)N1CC(Nc2ccc(N)cc2)C1. The van der Waals surface area contributed by atoms with Gasteiger partial charge in [0.25, 0.3) is 0 Å². The van der Waals surface area contributed by atoms with Crippen LogP contribution in [-0.4, -0.2) is 35.7 Å². The lowest BCUT2D eigenvalue weighted by molar-refractivity contribution is 0.0105. The lowest BCUT2D eigenvalue weighted by Gasteiger charge is -2.40. The van der Waals surface area contributed by atoms with Crippen LogP contribution in [0.25, 0.3) is 0 Å². The van der Waals surface area contributed by atoms with Crippen LogP contribution in [0.5, 0.6) is 0 Å². The van der Waals surface area contributed by atoms with Gasteiger partial charge >= 0.3 is 6.09 Å². The zero-order valence-electron chi connectivity index (χ0n) is 11.6. The zero-order valence-corrected chi connectivity index (χ0v) is 11.6. The Bertz CT molecular complexity index is 445. The number of nitrogen functional groups attached to an aromatic ring is 1. The second kappa shape index (κ2) is 4.99. The van der Waals surface area contributed by atoms with E-state index >= 15 is 0 Å². The van der Waals surface area contributed by atoms with E-state index in [4.69, 9.17) is 10.5 Å². The number of benzene rings is 1. The normalized spacial score (nSPS) is 15.8. The van der Waals surface area contributed by atoms with Gasteiger partial charge in [-0.15, -0.1) is 0 Å². The second-order valence-corrected chi connectivity index (χ2v) is 5.85. The topological polar surface area (TPSA) is 67.6 Å². The lowest BCUT2D eigenvalue weighted by atomic mass is 10.1.